The van der Waals surface area contributed by atoms with Crippen molar-refractivity contribution in [3.05, 3.63) is 48.3 Å². The highest BCUT2D eigenvalue weighted by Crippen LogP contribution is 2.34. The van der Waals surface area contributed by atoms with E-state index in [0.29, 0.717) is 6.20 Å². The lowest BCUT2D eigenvalue weighted by Gasteiger charge is -2.15. The fraction of sp³-hybridized carbons (Fsp3) is 0.273. The van der Waals surface area contributed by atoms with Gasteiger partial charge in [0.1, 0.15) is 24.0 Å². The van der Waals surface area contributed by atoms with E-state index in [0.717, 1.165) is 12.3 Å². The van der Waals surface area contributed by atoms with Gasteiger partial charge in [-0.3, -0.25) is 9.78 Å². The van der Waals surface area contributed by atoms with Gasteiger partial charge in [0.05, 0.1) is 23.6 Å². The summed E-state index contributed by atoms with van der Waals surface area (Å²) in [6, 6.07) is 6.15. The highest BCUT2D eigenvalue weighted by molar-refractivity contribution is 7.90. The monoisotopic (exact) mass is 525 g/mol. The van der Waals surface area contributed by atoms with Crippen LogP contribution in [0.25, 0.3) is 11.3 Å². The molecule has 0 saturated carbocycles. The van der Waals surface area contributed by atoms with Crippen LogP contribution in [0.4, 0.5) is 30.5 Å². The van der Waals surface area contributed by atoms with Crippen molar-refractivity contribution in [1.29, 1.82) is 0 Å². The van der Waals surface area contributed by atoms with Crippen molar-refractivity contribution in [2.45, 2.75) is 18.1 Å². The number of ether oxygens (including phenoxy) is 2. The van der Waals surface area contributed by atoms with Crippen molar-refractivity contribution in [2.75, 3.05) is 37.2 Å². The first-order valence-corrected chi connectivity index (χ1v) is 12.2. The number of alkyl halides is 3. The van der Waals surface area contributed by atoms with E-state index in [9.17, 15) is 26.4 Å². The van der Waals surface area contributed by atoms with E-state index in [1.807, 2.05) is 0 Å². The maximum absolute atomic E-state index is 13.0. The molecule has 192 valence electrons. The van der Waals surface area contributed by atoms with Crippen LogP contribution < -0.4 is 15.4 Å². The van der Waals surface area contributed by atoms with Crippen molar-refractivity contribution in [2.24, 2.45) is 0 Å². The fourth-order valence-corrected chi connectivity index (χ4v) is 3.53. The number of hydrogen-bond acceptors (Lipinski definition) is 9. The zero-order chi connectivity index (χ0) is 26.5. The summed E-state index contributed by atoms with van der Waals surface area (Å²) in [5.74, 6) is -0.0230. The van der Waals surface area contributed by atoms with Crippen molar-refractivity contribution in [3.63, 3.8) is 0 Å². The number of rotatable bonds is 9. The summed E-state index contributed by atoms with van der Waals surface area (Å²) in [4.78, 5) is 23.6. The summed E-state index contributed by atoms with van der Waals surface area (Å²) in [5, 5.41) is 5.17. The normalized spacial score (nSPS) is 11.7. The first-order valence-electron chi connectivity index (χ1n) is 10.3. The van der Waals surface area contributed by atoms with Gasteiger partial charge < -0.3 is 20.1 Å². The smallest absolute Gasteiger partial charge is 0.417 e. The molecule has 3 heterocycles. The molecular weight excluding hydrogens is 503 g/mol. The molecule has 0 fully saturated rings. The Morgan fingerprint density at radius 3 is 2.39 bits per heavy atom. The SMILES string of the molecule is COCCOc1cc(Nc2cc(NC(C)=O)ncc2-c2ccc(C(F)(F)F)cn2)nc(S(C)(=O)=O)c1. The molecule has 1 amide bonds. The summed E-state index contributed by atoms with van der Waals surface area (Å²) in [6.07, 6.45) is -1.59. The lowest BCUT2D eigenvalue weighted by atomic mass is 10.1. The van der Waals surface area contributed by atoms with Crippen molar-refractivity contribution < 1.29 is 35.9 Å². The summed E-state index contributed by atoms with van der Waals surface area (Å²) in [5.41, 5.74) is -0.277. The average molecular weight is 526 g/mol. The van der Waals surface area contributed by atoms with Crippen LogP contribution in [0.15, 0.2) is 47.8 Å². The maximum Gasteiger partial charge on any atom is 0.417 e. The van der Waals surface area contributed by atoms with Gasteiger partial charge >= 0.3 is 6.18 Å². The minimum absolute atomic E-state index is 0.0541. The van der Waals surface area contributed by atoms with E-state index in [-0.39, 0.29) is 52.6 Å². The molecule has 0 aromatic carbocycles. The summed E-state index contributed by atoms with van der Waals surface area (Å²) in [7, 11) is -2.24. The number of nitrogens with one attached hydrogen (secondary N) is 2. The van der Waals surface area contributed by atoms with Crippen LogP contribution in [0, 0.1) is 0 Å². The topological polar surface area (TPSA) is 132 Å². The molecule has 3 aromatic heterocycles. The average Bonchev–Trinajstić information content (AvgIpc) is 2.78. The number of anilines is 3. The molecule has 0 unspecified atom stereocenters. The van der Waals surface area contributed by atoms with Gasteiger partial charge in [0.2, 0.25) is 5.91 Å². The van der Waals surface area contributed by atoms with Gasteiger partial charge in [-0.05, 0) is 12.1 Å². The van der Waals surface area contributed by atoms with Crippen LogP contribution in [0.1, 0.15) is 12.5 Å². The molecule has 0 saturated heterocycles. The Balaban J connectivity index is 2.07. The van der Waals surface area contributed by atoms with Crippen LogP contribution >= 0.6 is 0 Å². The number of pyridine rings is 3. The van der Waals surface area contributed by atoms with Crippen molar-refractivity contribution in [1.82, 2.24) is 15.0 Å². The molecule has 10 nitrogen and oxygen atoms in total. The van der Waals surface area contributed by atoms with E-state index in [1.165, 1.54) is 44.5 Å². The number of methoxy groups -OCH3 is 1. The molecular formula is C22H22F3N5O5S. The molecule has 0 atom stereocenters. The third-order valence-corrected chi connectivity index (χ3v) is 5.52. The summed E-state index contributed by atoms with van der Waals surface area (Å²) >= 11 is 0. The van der Waals surface area contributed by atoms with Crippen LogP contribution in [0.2, 0.25) is 0 Å². The number of hydrogen-bond donors (Lipinski definition) is 2. The second-order valence-corrected chi connectivity index (χ2v) is 9.45. The Bertz CT molecular complexity index is 1350. The lowest BCUT2D eigenvalue weighted by molar-refractivity contribution is -0.137. The van der Waals surface area contributed by atoms with E-state index in [1.54, 1.807) is 0 Å². The third-order valence-electron chi connectivity index (χ3n) is 4.55. The zero-order valence-electron chi connectivity index (χ0n) is 19.4. The fourth-order valence-electron chi connectivity index (χ4n) is 2.93. The molecule has 0 radical (unpaired) electrons. The Morgan fingerprint density at radius 2 is 1.81 bits per heavy atom. The van der Waals surface area contributed by atoms with Crippen LogP contribution in [-0.2, 0) is 25.5 Å². The van der Waals surface area contributed by atoms with Crippen LogP contribution in [0.3, 0.4) is 0 Å². The van der Waals surface area contributed by atoms with Gasteiger partial charge in [0.25, 0.3) is 0 Å². The number of carbonyl (C=O) groups excluding carboxylic acids is 1. The highest BCUT2D eigenvalue weighted by atomic mass is 32.2. The Hall–Kier alpha value is -3.78. The molecule has 0 bridgehead atoms. The number of carbonyl (C=O) groups is 1. The van der Waals surface area contributed by atoms with Gasteiger partial charge in [0, 0.05) is 56.4 Å². The van der Waals surface area contributed by atoms with Gasteiger partial charge in [0.15, 0.2) is 14.9 Å². The summed E-state index contributed by atoms with van der Waals surface area (Å²) < 4.78 is 73.7. The van der Waals surface area contributed by atoms with Gasteiger partial charge in [-0.15, -0.1) is 0 Å². The van der Waals surface area contributed by atoms with E-state index in [2.05, 4.69) is 25.6 Å². The first-order chi connectivity index (χ1) is 16.9. The van der Waals surface area contributed by atoms with Gasteiger partial charge in [-0.1, -0.05) is 0 Å². The number of sulfone groups is 1. The quantitative estimate of drug-likeness (QED) is 0.401. The van der Waals surface area contributed by atoms with Crippen molar-refractivity contribution in [3.8, 4) is 17.0 Å². The molecule has 2 N–H and O–H groups in total. The van der Waals surface area contributed by atoms with Crippen molar-refractivity contribution >= 4 is 33.1 Å². The number of halogens is 3. The Kier molecular flexibility index (Phi) is 8.10. The molecule has 0 spiro atoms. The highest BCUT2D eigenvalue weighted by Gasteiger charge is 2.30. The number of nitrogens with zero attached hydrogens (tertiary/aromatic N) is 3. The van der Waals surface area contributed by atoms with Crippen LogP contribution in [-0.4, -0.2) is 55.9 Å². The first kappa shape index (κ1) is 26.8. The molecule has 3 rings (SSSR count). The predicted molar refractivity (Wildman–Crippen MR) is 125 cm³/mol. The van der Waals surface area contributed by atoms with E-state index >= 15 is 0 Å². The zero-order valence-corrected chi connectivity index (χ0v) is 20.2. The number of amides is 1. The summed E-state index contributed by atoms with van der Waals surface area (Å²) in [6.45, 7) is 1.68. The molecule has 14 heteroatoms. The Morgan fingerprint density at radius 1 is 1.06 bits per heavy atom. The second kappa shape index (κ2) is 10.9. The Labute approximate surface area is 204 Å². The predicted octanol–water partition coefficient (Wildman–Crippen LogP) is 3.69. The lowest BCUT2D eigenvalue weighted by Crippen LogP contribution is -2.10. The van der Waals surface area contributed by atoms with Gasteiger partial charge in [-0.2, -0.15) is 13.2 Å². The molecule has 3 aromatic rings. The minimum Gasteiger partial charge on any atom is -0.491 e. The standard InChI is InChI=1S/C22H22F3N5O5S/c1-13(31)28-19-10-18(16(12-27-19)17-5-4-14(11-26-17)22(23,24)25)29-20-8-15(35-7-6-34-2)9-21(30-20)36(3,32)33/h4-5,8-12H,6-7H2,1-3H3,(H2,27,28,29,30,31). The largest absolute Gasteiger partial charge is 0.491 e. The minimum atomic E-state index is -4.56. The third kappa shape index (κ3) is 7.11. The molecule has 0 aliphatic heterocycles. The van der Waals surface area contributed by atoms with Crippen LogP contribution in [0.5, 0.6) is 5.75 Å². The van der Waals surface area contributed by atoms with E-state index < -0.39 is 27.5 Å². The molecule has 0 aliphatic rings. The number of aromatic nitrogens is 3. The molecule has 36 heavy (non-hydrogen) atoms. The molecule has 0 aliphatic carbocycles. The second-order valence-electron chi connectivity index (χ2n) is 7.49. The maximum atomic E-state index is 13.0. The van der Waals surface area contributed by atoms with Gasteiger partial charge in [-0.25, -0.2) is 18.4 Å². The van der Waals surface area contributed by atoms with E-state index in [4.69, 9.17) is 9.47 Å².